The van der Waals surface area contributed by atoms with Crippen LogP contribution in [-0.4, -0.2) is 17.7 Å². The molecule has 0 spiro atoms. The Balaban J connectivity index is 1.53. The van der Waals surface area contributed by atoms with Gasteiger partial charge in [-0.2, -0.15) is 0 Å². The van der Waals surface area contributed by atoms with E-state index in [1.54, 1.807) is 42.5 Å². The number of carbonyl (C=O) groups excluding carboxylic acids is 3. The van der Waals surface area contributed by atoms with Gasteiger partial charge in [0, 0.05) is 11.3 Å². The third-order valence-electron chi connectivity index (χ3n) is 5.03. The fourth-order valence-electron chi connectivity index (χ4n) is 3.36. The van der Waals surface area contributed by atoms with Gasteiger partial charge in [-0.25, -0.2) is 4.90 Å². The molecule has 1 aliphatic rings. The Labute approximate surface area is 189 Å². The number of amides is 3. The normalized spacial score (nSPS) is 13.7. The summed E-state index contributed by atoms with van der Waals surface area (Å²) in [6, 6.07) is 15.6. The van der Waals surface area contributed by atoms with Crippen molar-refractivity contribution in [2.24, 2.45) is 0 Å². The Morgan fingerprint density at radius 1 is 1.03 bits per heavy atom. The molecule has 0 radical (unpaired) electrons. The SMILES string of the molecule is Cc1ccc(C)c(N2C(=O)C(Cl)=C(Nc3cccc(C(=O)NCc4ccco4)c3)C2=O)c1. The van der Waals surface area contributed by atoms with Gasteiger partial charge in [-0.15, -0.1) is 0 Å². The molecule has 3 amide bonds. The topological polar surface area (TPSA) is 91.7 Å². The number of rotatable bonds is 6. The first-order valence-electron chi connectivity index (χ1n) is 9.88. The second kappa shape index (κ2) is 8.72. The van der Waals surface area contributed by atoms with Gasteiger partial charge in [0.05, 0.1) is 18.5 Å². The van der Waals surface area contributed by atoms with Crippen LogP contribution in [0.1, 0.15) is 27.2 Å². The van der Waals surface area contributed by atoms with Crippen molar-refractivity contribution >= 4 is 40.7 Å². The van der Waals surface area contributed by atoms with Crippen molar-refractivity contribution in [3.05, 3.63) is 94.0 Å². The summed E-state index contributed by atoms with van der Waals surface area (Å²) in [4.78, 5) is 39.3. The molecule has 0 unspecified atom stereocenters. The molecular formula is C24H20ClN3O4. The minimum atomic E-state index is -0.597. The lowest BCUT2D eigenvalue weighted by molar-refractivity contribution is -0.120. The average molecular weight is 450 g/mol. The number of furan rings is 1. The lowest BCUT2D eigenvalue weighted by Crippen LogP contribution is -2.33. The molecule has 8 heteroatoms. The van der Waals surface area contributed by atoms with Gasteiger partial charge in [-0.3, -0.25) is 14.4 Å². The number of carbonyl (C=O) groups is 3. The van der Waals surface area contributed by atoms with E-state index in [9.17, 15) is 14.4 Å². The van der Waals surface area contributed by atoms with Crippen molar-refractivity contribution in [1.29, 1.82) is 0 Å². The van der Waals surface area contributed by atoms with Crippen LogP contribution in [0.4, 0.5) is 11.4 Å². The van der Waals surface area contributed by atoms with Crippen LogP contribution in [0.25, 0.3) is 0 Å². The molecule has 2 N–H and O–H groups in total. The highest BCUT2D eigenvalue weighted by atomic mass is 35.5. The Hall–Kier alpha value is -3.84. The van der Waals surface area contributed by atoms with Crippen molar-refractivity contribution in [2.45, 2.75) is 20.4 Å². The molecule has 0 saturated heterocycles. The molecule has 0 aliphatic carbocycles. The first-order chi connectivity index (χ1) is 15.3. The Morgan fingerprint density at radius 3 is 2.59 bits per heavy atom. The summed E-state index contributed by atoms with van der Waals surface area (Å²) >= 11 is 6.23. The molecule has 1 aromatic heterocycles. The van der Waals surface area contributed by atoms with Crippen molar-refractivity contribution in [1.82, 2.24) is 5.32 Å². The molecule has 2 aromatic carbocycles. The van der Waals surface area contributed by atoms with Crippen LogP contribution in [-0.2, 0) is 16.1 Å². The number of hydrogen-bond donors (Lipinski definition) is 2. The number of benzene rings is 2. The van der Waals surface area contributed by atoms with E-state index < -0.39 is 11.8 Å². The molecule has 4 rings (SSSR count). The Bertz CT molecular complexity index is 1250. The first-order valence-corrected chi connectivity index (χ1v) is 10.3. The van der Waals surface area contributed by atoms with Gasteiger partial charge in [-0.05, 0) is 61.4 Å². The average Bonchev–Trinajstić information content (AvgIpc) is 3.37. The van der Waals surface area contributed by atoms with E-state index in [0.29, 0.717) is 22.7 Å². The number of anilines is 2. The minimum Gasteiger partial charge on any atom is -0.467 e. The van der Waals surface area contributed by atoms with Gasteiger partial charge < -0.3 is 15.1 Å². The van der Waals surface area contributed by atoms with Crippen LogP contribution in [0.15, 0.2) is 76.0 Å². The van der Waals surface area contributed by atoms with Crippen LogP contribution in [0.3, 0.4) is 0 Å². The number of imide groups is 1. The number of nitrogens with one attached hydrogen (secondary N) is 2. The van der Waals surface area contributed by atoms with Crippen LogP contribution in [0.5, 0.6) is 0 Å². The first kappa shape index (κ1) is 21.4. The van der Waals surface area contributed by atoms with E-state index in [0.717, 1.165) is 16.0 Å². The highest BCUT2D eigenvalue weighted by molar-refractivity contribution is 6.53. The fraction of sp³-hybridized carbons (Fsp3) is 0.125. The summed E-state index contributed by atoms with van der Waals surface area (Å²) in [5, 5.41) is 5.46. The lowest BCUT2D eigenvalue weighted by Gasteiger charge is -2.18. The van der Waals surface area contributed by atoms with E-state index in [1.165, 1.54) is 6.26 Å². The molecule has 0 saturated carbocycles. The minimum absolute atomic E-state index is 0.0364. The van der Waals surface area contributed by atoms with Crippen molar-refractivity contribution in [2.75, 3.05) is 10.2 Å². The van der Waals surface area contributed by atoms with E-state index in [2.05, 4.69) is 10.6 Å². The van der Waals surface area contributed by atoms with Crippen molar-refractivity contribution < 1.29 is 18.8 Å². The van der Waals surface area contributed by atoms with Crippen LogP contribution in [0, 0.1) is 13.8 Å². The molecule has 162 valence electrons. The summed E-state index contributed by atoms with van der Waals surface area (Å²) in [7, 11) is 0. The second-order valence-electron chi connectivity index (χ2n) is 7.39. The maximum atomic E-state index is 13.1. The monoisotopic (exact) mass is 449 g/mol. The van der Waals surface area contributed by atoms with Gasteiger partial charge in [0.1, 0.15) is 16.5 Å². The van der Waals surface area contributed by atoms with E-state index in [-0.39, 0.29) is 23.2 Å². The van der Waals surface area contributed by atoms with Crippen LogP contribution in [0.2, 0.25) is 0 Å². The van der Waals surface area contributed by atoms with E-state index in [1.807, 2.05) is 26.0 Å². The largest absolute Gasteiger partial charge is 0.467 e. The Morgan fingerprint density at radius 2 is 1.84 bits per heavy atom. The van der Waals surface area contributed by atoms with E-state index >= 15 is 0 Å². The van der Waals surface area contributed by atoms with Gasteiger partial charge in [0.15, 0.2) is 0 Å². The molecular weight excluding hydrogens is 430 g/mol. The highest BCUT2D eigenvalue weighted by Gasteiger charge is 2.39. The molecule has 0 atom stereocenters. The molecule has 3 aromatic rings. The molecule has 0 fully saturated rings. The summed E-state index contributed by atoms with van der Waals surface area (Å²) in [5.74, 6) is -0.830. The number of aryl methyl sites for hydroxylation is 2. The van der Waals surface area contributed by atoms with Gasteiger partial charge >= 0.3 is 0 Å². The number of hydrogen-bond acceptors (Lipinski definition) is 5. The van der Waals surface area contributed by atoms with Gasteiger partial charge in [-0.1, -0.05) is 29.8 Å². The zero-order chi connectivity index (χ0) is 22.8. The fourth-order valence-corrected chi connectivity index (χ4v) is 3.57. The second-order valence-corrected chi connectivity index (χ2v) is 7.77. The summed E-state index contributed by atoms with van der Waals surface area (Å²) in [6.07, 6.45) is 1.53. The third-order valence-corrected chi connectivity index (χ3v) is 5.38. The zero-order valence-corrected chi connectivity index (χ0v) is 18.2. The maximum Gasteiger partial charge on any atom is 0.283 e. The van der Waals surface area contributed by atoms with Crippen LogP contribution < -0.4 is 15.5 Å². The van der Waals surface area contributed by atoms with Gasteiger partial charge in [0.25, 0.3) is 17.7 Å². The predicted octanol–water partition coefficient (Wildman–Crippen LogP) is 4.26. The lowest BCUT2D eigenvalue weighted by atomic mass is 10.1. The summed E-state index contributed by atoms with van der Waals surface area (Å²) in [5.41, 5.74) is 2.97. The summed E-state index contributed by atoms with van der Waals surface area (Å²) in [6.45, 7) is 3.95. The maximum absolute atomic E-state index is 13.1. The molecule has 0 bridgehead atoms. The molecule has 32 heavy (non-hydrogen) atoms. The number of halogens is 1. The predicted molar refractivity (Wildman–Crippen MR) is 121 cm³/mol. The highest BCUT2D eigenvalue weighted by Crippen LogP contribution is 2.32. The Kier molecular flexibility index (Phi) is 5.83. The van der Waals surface area contributed by atoms with Gasteiger partial charge in [0.2, 0.25) is 0 Å². The smallest absolute Gasteiger partial charge is 0.283 e. The van der Waals surface area contributed by atoms with Crippen molar-refractivity contribution in [3.63, 3.8) is 0 Å². The molecule has 7 nitrogen and oxygen atoms in total. The van der Waals surface area contributed by atoms with Crippen LogP contribution >= 0.6 is 11.6 Å². The summed E-state index contributed by atoms with van der Waals surface area (Å²) < 4.78 is 5.21. The third kappa shape index (κ3) is 4.15. The zero-order valence-electron chi connectivity index (χ0n) is 17.4. The quantitative estimate of drug-likeness (QED) is 0.548. The standard InChI is InChI=1S/C24H20ClN3O4/c1-14-8-9-15(2)19(11-14)28-23(30)20(25)21(24(28)31)27-17-6-3-5-16(12-17)22(29)26-13-18-7-4-10-32-18/h3-12,27H,13H2,1-2H3,(H,26,29). The molecule has 1 aliphatic heterocycles. The molecule has 2 heterocycles. The van der Waals surface area contributed by atoms with E-state index in [4.69, 9.17) is 16.0 Å². The number of nitrogens with zero attached hydrogens (tertiary/aromatic N) is 1. The van der Waals surface area contributed by atoms with Crippen molar-refractivity contribution in [3.8, 4) is 0 Å².